The summed E-state index contributed by atoms with van der Waals surface area (Å²) in [4.78, 5) is 24.2. The number of methoxy groups -OCH3 is 1. The molecule has 4 heteroatoms. The van der Waals surface area contributed by atoms with Gasteiger partial charge in [-0.3, -0.25) is 9.59 Å². The van der Waals surface area contributed by atoms with Crippen LogP contribution in [0.15, 0.2) is 0 Å². The number of carbonyl (C=O) groups is 2. The number of carbonyl (C=O) groups excluding carboxylic acids is 2. The van der Waals surface area contributed by atoms with Crippen LogP contribution >= 0.6 is 0 Å². The summed E-state index contributed by atoms with van der Waals surface area (Å²) < 4.78 is 4.46. The second-order valence-corrected chi connectivity index (χ2v) is 3.55. The van der Waals surface area contributed by atoms with Crippen LogP contribution in [0, 0.1) is 0 Å². The number of hydrogen-bond donors (Lipinski definition) is 0. The number of rotatable bonds is 2. The van der Waals surface area contributed by atoms with Crippen LogP contribution in [0.1, 0.15) is 32.1 Å². The standard InChI is InChI=1S/C10H17NO3/c1-14-10(13)8-9(12)11-6-4-2-3-5-7-11/h2-8H2,1H3. The van der Waals surface area contributed by atoms with Gasteiger partial charge in [0, 0.05) is 13.1 Å². The number of nitrogens with zero attached hydrogens (tertiary/aromatic N) is 1. The van der Waals surface area contributed by atoms with Gasteiger partial charge in [0.2, 0.25) is 5.91 Å². The summed E-state index contributed by atoms with van der Waals surface area (Å²) >= 11 is 0. The van der Waals surface area contributed by atoms with Gasteiger partial charge in [-0.2, -0.15) is 0 Å². The van der Waals surface area contributed by atoms with Crippen molar-refractivity contribution < 1.29 is 14.3 Å². The van der Waals surface area contributed by atoms with Gasteiger partial charge in [-0.15, -0.1) is 0 Å². The predicted octanol–water partition coefficient (Wildman–Crippen LogP) is 0.952. The molecule has 1 heterocycles. The van der Waals surface area contributed by atoms with E-state index in [1.54, 1.807) is 4.90 Å². The normalized spacial score (nSPS) is 17.4. The van der Waals surface area contributed by atoms with Crippen molar-refractivity contribution in [2.45, 2.75) is 32.1 Å². The zero-order chi connectivity index (χ0) is 10.4. The Labute approximate surface area is 84.2 Å². The van der Waals surface area contributed by atoms with Gasteiger partial charge in [0.1, 0.15) is 6.42 Å². The summed E-state index contributed by atoms with van der Waals surface area (Å²) in [5, 5.41) is 0. The van der Waals surface area contributed by atoms with Crippen LogP contribution in [0.5, 0.6) is 0 Å². The lowest BCUT2D eigenvalue weighted by Gasteiger charge is -2.19. The van der Waals surface area contributed by atoms with Crippen molar-refractivity contribution in [3.63, 3.8) is 0 Å². The van der Waals surface area contributed by atoms with Crippen LogP contribution in [-0.2, 0) is 14.3 Å². The summed E-state index contributed by atoms with van der Waals surface area (Å²) in [6.45, 7) is 1.58. The topological polar surface area (TPSA) is 46.6 Å². The highest BCUT2D eigenvalue weighted by Gasteiger charge is 2.18. The molecule has 14 heavy (non-hydrogen) atoms. The third kappa shape index (κ3) is 3.36. The molecule has 80 valence electrons. The van der Waals surface area contributed by atoms with Gasteiger partial charge in [0.25, 0.3) is 0 Å². The van der Waals surface area contributed by atoms with Crippen molar-refractivity contribution in [3.05, 3.63) is 0 Å². The maximum absolute atomic E-state index is 11.5. The molecule has 0 aromatic heterocycles. The minimum Gasteiger partial charge on any atom is -0.469 e. The van der Waals surface area contributed by atoms with E-state index in [0.717, 1.165) is 25.9 Å². The van der Waals surface area contributed by atoms with Crippen LogP contribution in [-0.4, -0.2) is 37.0 Å². The first kappa shape index (κ1) is 11.0. The van der Waals surface area contributed by atoms with Crippen molar-refractivity contribution in [3.8, 4) is 0 Å². The Bertz CT molecular complexity index is 207. The molecule has 4 nitrogen and oxygen atoms in total. The van der Waals surface area contributed by atoms with Crippen LogP contribution < -0.4 is 0 Å². The summed E-state index contributed by atoms with van der Waals surface area (Å²) in [5.41, 5.74) is 0. The lowest BCUT2D eigenvalue weighted by molar-refractivity contribution is -0.146. The van der Waals surface area contributed by atoms with Gasteiger partial charge in [-0.25, -0.2) is 0 Å². The van der Waals surface area contributed by atoms with E-state index in [0.29, 0.717) is 0 Å². The molecular weight excluding hydrogens is 182 g/mol. The third-order valence-electron chi connectivity index (χ3n) is 2.48. The van der Waals surface area contributed by atoms with Crippen molar-refractivity contribution in [1.29, 1.82) is 0 Å². The monoisotopic (exact) mass is 199 g/mol. The summed E-state index contributed by atoms with van der Waals surface area (Å²) in [6.07, 6.45) is 4.35. The van der Waals surface area contributed by atoms with Gasteiger partial charge < -0.3 is 9.64 Å². The Morgan fingerprint density at radius 1 is 1.14 bits per heavy atom. The largest absolute Gasteiger partial charge is 0.469 e. The van der Waals surface area contributed by atoms with Gasteiger partial charge in [-0.1, -0.05) is 12.8 Å². The fraction of sp³-hybridized carbons (Fsp3) is 0.800. The smallest absolute Gasteiger partial charge is 0.315 e. The van der Waals surface area contributed by atoms with E-state index in [1.807, 2.05) is 0 Å². The second kappa shape index (κ2) is 5.62. The molecule has 1 aliphatic rings. The maximum atomic E-state index is 11.5. The van der Waals surface area contributed by atoms with Crippen molar-refractivity contribution in [2.75, 3.05) is 20.2 Å². The molecule has 1 fully saturated rings. The molecule has 0 aromatic carbocycles. The highest BCUT2D eigenvalue weighted by molar-refractivity contribution is 5.94. The van der Waals surface area contributed by atoms with E-state index in [2.05, 4.69) is 4.74 Å². The number of esters is 1. The molecule has 0 bridgehead atoms. The minimum absolute atomic E-state index is 0.0984. The number of likely N-dealkylation sites (tertiary alicyclic amines) is 1. The molecule has 0 atom stereocenters. The first-order chi connectivity index (χ1) is 6.74. The second-order valence-electron chi connectivity index (χ2n) is 3.55. The molecule has 1 rings (SSSR count). The number of amides is 1. The Kier molecular flexibility index (Phi) is 4.43. The van der Waals surface area contributed by atoms with Crippen LogP contribution in [0.4, 0.5) is 0 Å². The van der Waals surface area contributed by atoms with E-state index < -0.39 is 5.97 Å². The van der Waals surface area contributed by atoms with Gasteiger partial charge in [0.15, 0.2) is 0 Å². The van der Waals surface area contributed by atoms with E-state index in [9.17, 15) is 9.59 Å². The van der Waals surface area contributed by atoms with E-state index in [4.69, 9.17) is 0 Å². The summed E-state index contributed by atoms with van der Waals surface area (Å²) in [5.74, 6) is -0.544. The number of ether oxygens (including phenoxy) is 1. The molecule has 0 N–H and O–H groups in total. The molecule has 0 unspecified atom stereocenters. The highest BCUT2D eigenvalue weighted by atomic mass is 16.5. The Morgan fingerprint density at radius 2 is 1.71 bits per heavy atom. The lowest BCUT2D eigenvalue weighted by atomic mass is 10.2. The van der Waals surface area contributed by atoms with Crippen LogP contribution in [0.3, 0.4) is 0 Å². The molecule has 0 aromatic rings. The lowest BCUT2D eigenvalue weighted by Crippen LogP contribution is -2.33. The molecule has 0 radical (unpaired) electrons. The summed E-state index contributed by atoms with van der Waals surface area (Å²) in [7, 11) is 1.30. The van der Waals surface area contributed by atoms with E-state index in [1.165, 1.54) is 20.0 Å². The molecule has 1 amide bonds. The SMILES string of the molecule is COC(=O)CC(=O)N1CCCCCC1. The first-order valence-electron chi connectivity index (χ1n) is 5.08. The average Bonchev–Trinajstić information content (AvgIpc) is 2.45. The zero-order valence-corrected chi connectivity index (χ0v) is 8.62. The Balaban J connectivity index is 2.38. The molecule has 1 aliphatic heterocycles. The zero-order valence-electron chi connectivity index (χ0n) is 8.62. The molecule has 1 saturated heterocycles. The quantitative estimate of drug-likeness (QED) is 0.491. The minimum atomic E-state index is -0.445. The molecule has 0 spiro atoms. The number of hydrogen-bond acceptors (Lipinski definition) is 3. The maximum Gasteiger partial charge on any atom is 0.315 e. The molecule has 0 aliphatic carbocycles. The Morgan fingerprint density at radius 3 is 2.21 bits per heavy atom. The van der Waals surface area contributed by atoms with Crippen molar-refractivity contribution >= 4 is 11.9 Å². The molecular formula is C10H17NO3. The van der Waals surface area contributed by atoms with Crippen molar-refractivity contribution in [2.24, 2.45) is 0 Å². The van der Waals surface area contributed by atoms with Crippen LogP contribution in [0.25, 0.3) is 0 Å². The fourth-order valence-electron chi connectivity index (χ4n) is 1.63. The average molecular weight is 199 g/mol. The van der Waals surface area contributed by atoms with E-state index >= 15 is 0 Å². The van der Waals surface area contributed by atoms with Gasteiger partial charge in [-0.05, 0) is 12.8 Å². The predicted molar refractivity (Wildman–Crippen MR) is 51.7 cm³/mol. The molecule has 0 saturated carbocycles. The Hall–Kier alpha value is -1.06. The fourth-order valence-corrected chi connectivity index (χ4v) is 1.63. The first-order valence-corrected chi connectivity index (χ1v) is 5.08. The third-order valence-corrected chi connectivity index (χ3v) is 2.48. The van der Waals surface area contributed by atoms with Gasteiger partial charge in [0.05, 0.1) is 7.11 Å². The van der Waals surface area contributed by atoms with Gasteiger partial charge >= 0.3 is 5.97 Å². The summed E-state index contributed by atoms with van der Waals surface area (Å²) in [6, 6.07) is 0. The highest BCUT2D eigenvalue weighted by Crippen LogP contribution is 2.10. The van der Waals surface area contributed by atoms with E-state index in [-0.39, 0.29) is 12.3 Å². The van der Waals surface area contributed by atoms with Crippen LogP contribution in [0.2, 0.25) is 0 Å². The van der Waals surface area contributed by atoms with Crippen molar-refractivity contribution in [1.82, 2.24) is 4.90 Å².